The summed E-state index contributed by atoms with van der Waals surface area (Å²) in [6.45, 7) is 6.72. The summed E-state index contributed by atoms with van der Waals surface area (Å²) in [6, 6.07) is 14.7. The van der Waals surface area contributed by atoms with Crippen LogP contribution in [0.5, 0.6) is 11.5 Å². The molecule has 0 aliphatic heterocycles. The highest BCUT2D eigenvalue weighted by Gasteiger charge is 2.12. The Morgan fingerprint density at radius 3 is 2.58 bits per heavy atom. The zero-order valence-corrected chi connectivity index (χ0v) is 15.2. The Bertz CT molecular complexity index is 851. The van der Waals surface area contributed by atoms with E-state index >= 15 is 0 Å². The first kappa shape index (κ1) is 19.1. The monoisotopic (exact) mass is 350 g/mol. The van der Waals surface area contributed by atoms with E-state index < -0.39 is 5.91 Å². The molecule has 0 bridgehead atoms. The maximum Gasteiger partial charge on any atom is 0.266 e. The van der Waals surface area contributed by atoms with Crippen LogP contribution in [0.15, 0.2) is 48.0 Å². The van der Waals surface area contributed by atoms with Gasteiger partial charge >= 0.3 is 0 Å². The molecule has 0 heterocycles. The first-order valence-corrected chi connectivity index (χ1v) is 8.46. The van der Waals surface area contributed by atoms with Gasteiger partial charge in [-0.2, -0.15) is 5.26 Å². The molecule has 0 spiro atoms. The average molecular weight is 350 g/mol. The number of nitrogens with zero attached hydrogens (tertiary/aromatic N) is 1. The molecule has 0 saturated carbocycles. The van der Waals surface area contributed by atoms with Gasteiger partial charge in [-0.15, -0.1) is 0 Å². The first-order valence-electron chi connectivity index (χ1n) is 8.46. The molecule has 1 N–H and O–H groups in total. The molecule has 0 unspecified atom stereocenters. The van der Waals surface area contributed by atoms with Crippen molar-refractivity contribution >= 4 is 17.7 Å². The first-order chi connectivity index (χ1) is 12.6. The van der Waals surface area contributed by atoms with E-state index in [1.807, 2.05) is 45.0 Å². The minimum absolute atomic E-state index is 0.00313. The highest BCUT2D eigenvalue weighted by Crippen LogP contribution is 2.27. The van der Waals surface area contributed by atoms with Crippen molar-refractivity contribution < 1.29 is 14.3 Å². The van der Waals surface area contributed by atoms with Crippen LogP contribution in [0.25, 0.3) is 6.08 Å². The van der Waals surface area contributed by atoms with Crippen LogP contribution in [0.2, 0.25) is 0 Å². The maximum absolute atomic E-state index is 12.4. The number of nitriles is 1. The van der Waals surface area contributed by atoms with Crippen molar-refractivity contribution in [2.24, 2.45) is 0 Å². The number of benzene rings is 2. The lowest BCUT2D eigenvalue weighted by Gasteiger charge is -2.11. The van der Waals surface area contributed by atoms with E-state index in [0.29, 0.717) is 36.0 Å². The molecule has 2 aromatic carbocycles. The molecule has 0 aliphatic carbocycles. The lowest BCUT2D eigenvalue weighted by Crippen LogP contribution is -2.13. The predicted molar refractivity (Wildman–Crippen MR) is 102 cm³/mol. The van der Waals surface area contributed by atoms with Crippen LogP contribution in [-0.4, -0.2) is 19.1 Å². The summed E-state index contributed by atoms with van der Waals surface area (Å²) in [5, 5.41) is 12.1. The lowest BCUT2D eigenvalue weighted by atomic mass is 10.1. The Morgan fingerprint density at radius 1 is 1.15 bits per heavy atom. The topological polar surface area (TPSA) is 71.3 Å². The minimum Gasteiger partial charge on any atom is -0.494 e. The Morgan fingerprint density at radius 2 is 1.92 bits per heavy atom. The van der Waals surface area contributed by atoms with E-state index in [2.05, 4.69) is 5.32 Å². The molecule has 2 aromatic rings. The number of carbonyl (C=O) groups excluding carboxylic acids is 1. The third kappa shape index (κ3) is 5.12. The van der Waals surface area contributed by atoms with Gasteiger partial charge in [0.25, 0.3) is 5.91 Å². The van der Waals surface area contributed by atoms with Crippen LogP contribution in [0.4, 0.5) is 5.69 Å². The molecule has 26 heavy (non-hydrogen) atoms. The fraction of sp³-hybridized carbons (Fsp3) is 0.238. The van der Waals surface area contributed by atoms with Gasteiger partial charge in [0.1, 0.15) is 23.1 Å². The second-order valence-corrected chi connectivity index (χ2v) is 5.56. The Labute approximate surface area is 153 Å². The number of hydrogen-bond donors (Lipinski definition) is 1. The third-order valence-electron chi connectivity index (χ3n) is 3.54. The van der Waals surface area contributed by atoms with Crippen molar-refractivity contribution in [3.63, 3.8) is 0 Å². The number of ether oxygens (including phenoxy) is 2. The van der Waals surface area contributed by atoms with Gasteiger partial charge in [0.15, 0.2) is 0 Å². The molecule has 0 aromatic heterocycles. The molecule has 134 valence electrons. The van der Waals surface area contributed by atoms with Gasteiger partial charge in [-0.3, -0.25) is 4.79 Å². The summed E-state index contributed by atoms with van der Waals surface area (Å²) in [4.78, 5) is 12.4. The third-order valence-corrected chi connectivity index (χ3v) is 3.54. The Kier molecular flexibility index (Phi) is 6.81. The van der Waals surface area contributed by atoms with Crippen LogP contribution < -0.4 is 14.8 Å². The Hall–Kier alpha value is -3.26. The highest BCUT2D eigenvalue weighted by atomic mass is 16.5. The van der Waals surface area contributed by atoms with Crippen molar-refractivity contribution in [3.8, 4) is 17.6 Å². The molecule has 5 heteroatoms. The zero-order valence-electron chi connectivity index (χ0n) is 15.2. The normalized spacial score (nSPS) is 10.8. The van der Waals surface area contributed by atoms with Crippen molar-refractivity contribution in [1.29, 1.82) is 5.26 Å². The van der Waals surface area contributed by atoms with Crippen LogP contribution >= 0.6 is 0 Å². The van der Waals surface area contributed by atoms with E-state index in [-0.39, 0.29) is 5.57 Å². The van der Waals surface area contributed by atoms with Gasteiger partial charge < -0.3 is 14.8 Å². The largest absolute Gasteiger partial charge is 0.494 e. The molecule has 2 rings (SSSR count). The fourth-order valence-electron chi connectivity index (χ4n) is 2.40. The summed E-state index contributed by atoms with van der Waals surface area (Å²) in [5.74, 6) is 0.778. The van der Waals surface area contributed by atoms with Crippen molar-refractivity contribution in [3.05, 3.63) is 59.2 Å². The number of nitrogens with one attached hydrogen (secondary N) is 1. The average Bonchev–Trinajstić information content (AvgIpc) is 2.61. The van der Waals surface area contributed by atoms with Crippen LogP contribution in [0, 0.1) is 18.3 Å². The standard InChI is InChI=1S/C21H22N2O3/c1-4-25-19-10-9-16(20(13-19)26-5-2)12-17(14-22)21(24)23-18-8-6-7-15(3)11-18/h6-13H,4-5H2,1-3H3,(H,23,24)/b17-12-. The van der Waals surface area contributed by atoms with Gasteiger partial charge in [-0.25, -0.2) is 0 Å². The Balaban J connectivity index is 2.29. The van der Waals surface area contributed by atoms with Gasteiger partial charge in [0.05, 0.1) is 13.2 Å². The minimum atomic E-state index is -0.463. The van der Waals surface area contributed by atoms with E-state index in [0.717, 1.165) is 5.56 Å². The molecule has 1 amide bonds. The van der Waals surface area contributed by atoms with Crippen molar-refractivity contribution in [1.82, 2.24) is 0 Å². The van der Waals surface area contributed by atoms with Gasteiger partial charge in [0, 0.05) is 17.3 Å². The molecule has 0 fully saturated rings. The van der Waals surface area contributed by atoms with E-state index in [1.54, 1.807) is 24.3 Å². The summed E-state index contributed by atoms with van der Waals surface area (Å²) in [7, 11) is 0. The fourth-order valence-corrected chi connectivity index (χ4v) is 2.40. The number of hydrogen-bond acceptors (Lipinski definition) is 4. The maximum atomic E-state index is 12.4. The van der Waals surface area contributed by atoms with Crippen LogP contribution in [0.1, 0.15) is 25.0 Å². The molecular formula is C21H22N2O3. The lowest BCUT2D eigenvalue weighted by molar-refractivity contribution is -0.112. The second-order valence-electron chi connectivity index (χ2n) is 5.56. The molecule has 0 aliphatic rings. The second kappa shape index (κ2) is 9.28. The van der Waals surface area contributed by atoms with Crippen LogP contribution in [0.3, 0.4) is 0 Å². The number of anilines is 1. The van der Waals surface area contributed by atoms with E-state index in [4.69, 9.17) is 9.47 Å². The van der Waals surface area contributed by atoms with Crippen molar-refractivity contribution in [2.75, 3.05) is 18.5 Å². The van der Waals surface area contributed by atoms with Gasteiger partial charge in [-0.1, -0.05) is 12.1 Å². The van der Waals surface area contributed by atoms with E-state index in [9.17, 15) is 10.1 Å². The summed E-state index contributed by atoms with van der Waals surface area (Å²) in [5.41, 5.74) is 2.31. The summed E-state index contributed by atoms with van der Waals surface area (Å²) >= 11 is 0. The van der Waals surface area contributed by atoms with Crippen LogP contribution in [-0.2, 0) is 4.79 Å². The van der Waals surface area contributed by atoms with Crippen molar-refractivity contribution in [2.45, 2.75) is 20.8 Å². The molecule has 0 atom stereocenters. The zero-order chi connectivity index (χ0) is 18.9. The number of aryl methyl sites for hydroxylation is 1. The number of carbonyl (C=O) groups is 1. The summed E-state index contributed by atoms with van der Waals surface area (Å²) in [6.07, 6.45) is 1.52. The van der Waals surface area contributed by atoms with E-state index in [1.165, 1.54) is 6.08 Å². The summed E-state index contributed by atoms with van der Waals surface area (Å²) < 4.78 is 11.1. The number of rotatable bonds is 7. The predicted octanol–water partition coefficient (Wildman–Crippen LogP) is 4.34. The number of amides is 1. The SMILES string of the molecule is CCOc1ccc(/C=C(/C#N)C(=O)Nc2cccc(C)c2)c(OCC)c1. The molecule has 0 saturated heterocycles. The highest BCUT2D eigenvalue weighted by molar-refractivity contribution is 6.09. The van der Waals surface area contributed by atoms with Gasteiger partial charge in [-0.05, 0) is 56.7 Å². The molecule has 5 nitrogen and oxygen atoms in total. The molecule has 0 radical (unpaired) electrons. The smallest absolute Gasteiger partial charge is 0.266 e. The quantitative estimate of drug-likeness (QED) is 0.596. The molecular weight excluding hydrogens is 328 g/mol. The van der Waals surface area contributed by atoms with Gasteiger partial charge in [0.2, 0.25) is 0 Å².